The minimum Gasteiger partial charge on any atom is -0.327 e. The standard InChI is InChI=1S/C9H17NS/c10-9(8-1-2-8)5-7-3-4-11-6-7/h7-9H,1-6,10H2. The zero-order valence-corrected chi connectivity index (χ0v) is 7.78. The lowest BCUT2D eigenvalue weighted by atomic mass is 9.97. The Morgan fingerprint density at radius 3 is 2.73 bits per heavy atom. The maximum Gasteiger partial charge on any atom is 0.00701 e. The summed E-state index contributed by atoms with van der Waals surface area (Å²) in [4.78, 5) is 0. The third kappa shape index (κ3) is 2.12. The van der Waals surface area contributed by atoms with Crippen LogP contribution in [0.5, 0.6) is 0 Å². The lowest BCUT2D eigenvalue weighted by Crippen LogP contribution is -2.25. The third-order valence-corrected chi connectivity index (χ3v) is 4.09. The molecule has 2 unspecified atom stereocenters. The summed E-state index contributed by atoms with van der Waals surface area (Å²) >= 11 is 2.10. The van der Waals surface area contributed by atoms with Crippen LogP contribution < -0.4 is 5.73 Å². The van der Waals surface area contributed by atoms with Crippen LogP contribution >= 0.6 is 11.8 Å². The molecule has 64 valence electrons. The second kappa shape index (κ2) is 3.36. The minimum atomic E-state index is 0.540. The molecule has 1 heterocycles. The Kier molecular flexibility index (Phi) is 2.42. The van der Waals surface area contributed by atoms with Gasteiger partial charge >= 0.3 is 0 Å². The minimum absolute atomic E-state index is 0.540. The van der Waals surface area contributed by atoms with Crippen molar-refractivity contribution < 1.29 is 0 Å². The summed E-state index contributed by atoms with van der Waals surface area (Å²) in [5, 5.41) is 0. The van der Waals surface area contributed by atoms with E-state index in [1.54, 1.807) is 0 Å². The van der Waals surface area contributed by atoms with Crippen molar-refractivity contribution in [3.63, 3.8) is 0 Å². The molecular weight excluding hydrogens is 154 g/mol. The second-order valence-corrected chi connectivity index (χ2v) is 5.12. The van der Waals surface area contributed by atoms with Gasteiger partial charge in [-0.05, 0) is 49.0 Å². The monoisotopic (exact) mass is 171 g/mol. The van der Waals surface area contributed by atoms with E-state index in [2.05, 4.69) is 11.8 Å². The highest BCUT2D eigenvalue weighted by Crippen LogP contribution is 2.36. The SMILES string of the molecule is NC(CC1CCSC1)C1CC1. The Morgan fingerprint density at radius 1 is 1.36 bits per heavy atom. The molecule has 1 nitrogen and oxygen atoms in total. The van der Waals surface area contributed by atoms with E-state index < -0.39 is 0 Å². The van der Waals surface area contributed by atoms with Crippen molar-refractivity contribution in [2.24, 2.45) is 17.6 Å². The topological polar surface area (TPSA) is 26.0 Å². The summed E-state index contributed by atoms with van der Waals surface area (Å²) in [5.74, 6) is 4.61. The molecule has 2 atom stereocenters. The van der Waals surface area contributed by atoms with E-state index in [4.69, 9.17) is 5.73 Å². The smallest absolute Gasteiger partial charge is 0.00701 e. The molecule has 0 bridgehead atoms. The summed E-state index contributed by atoms with van der Waals surface area (Å²) < 4.78 is 0. The predicted octanol–water partition coefficient (Wildman–Crippen LogP) is 1.87. The Hall–Kier alpha value is 0.310. The van der Waals surface area contributed by atoms with Crippen LogP contribution in [-0.4, -0.2) is 17.5 Å². The van der Waals surface area contributed by atoms with E-state index in [1.165, 1.54) is 37.2 Å². The van der Waals surface area contributed by atoms with Crippen LogP contribution in [0, 0.1) is 11.8 Å². The Bertz CT molecular complexity index is 128. The lowest BCUT2D eigenvalue weighted by Gasteiger charge is -2.14. The largest absolute Gasteiger partial charge is 0.327 e. The first-order valence-corrected chi connectivity index (χ1v) is 5.85. The fraction of sp³-hybridized carbons (Fsp3) is 1.00. The molecule has 0 aromatic heterocycles. The first-order chi connectivity index (χ1) is 5.36. The molecule has 1 saturated carbocycles. The number of rotatable bonds is 3. The first kappa shape index (κ1) is 7.93. The van der Waals surface area contributed by atoms with Crippen molar-refractivity contribution in [1.82, 2.24) is 0 Å². The number of hydrogen-bond donors (Lipinski definition) is 1. The first-order valence-electron chi connectivity index (χ1n) is 4.69. The lowest BCUT2D eigenvalue weighted by molar-refractivity contribution is 0.441. The maximum atomic E-state index is 6.05. The molecule has 0 spiro atoms. The van der Waals surface area contributed by atoms with Crippen molar-refractivity contribution in [2.45, 2.75) is 31.7 Å². The predicted molar refractivity (Wildman–Crippen MR) is 50.7 cm³/mol. The van der Waals surface area contributed by atoms with Gasteiger partial charge in [-0.1, -0.05) is 0 Å². The molecule has 0 aromatic rings. The molecule has 0 radical (unpaired) electrons. The van der Waals surface area contributed by atoms with Crippen molar-refractivity contribution in [3.05, 3.63) is 0 Å². The van der Waals surface area contributed by atoms with Gasteiger partial charge in [0, 0.05) is 6.04 Å². The van der Waals surface area contributed by atoms with Crippen LogP contribution in [-0.2, 0) is 0 Å². The van der Waals surface area contributed by atoms with E-state index in [1.807, 2.05) is 0 Å². The molecule has 2 aliphatic rings. The van der Waals surface area contributed by atoms with Gasteiger partial charge in [0.15, 0.2) is 0 Å². The molecule has 2 rings (SSSR count). The fourth-order valence-electron chi connectivity index (χ4n) is 1.87. The van der Waals surface area contributed by atoms with Crippen molar-refractivity contribution >= 4 is 11.8 Å². The molecule has 2 N–H and O–H groups in total. The third-order valence-electron chi connectivity index (χ3n) is 2.86. The van der Waals surface area contributed by atoms with Gasteiger partial charge in [-0.25, -0.2) is 0 Å². The van der Waals surface area contributed by atoms with Gasteiger partial charge in [-0.2, -0.15) is 11.8 Å². The molecule has 0 amide bonds. The van der Waals surface area contributed by atoms with Gasteiger partial charge < -0.3 is 5.73 Å². The highest BCUT2D eigenvalue weighted by Gasteiger charge is 2.30. The highest BCUT2D eigenvalue weighted by atomic mass is 32.2. The van der Waals surface area contributed by atoms with E-state index in [9.17, 15) is 0 Å². The maximum absolute atomic E-state index is 6.05. The zero-order valence-electron chi connectivity index (χ0n) is 6.96. The van der Waals surface area contributed by atoms with Crippen molar-refractivity contribution in [3.8, 4) is 0 Å². The molecule has 2 heteroatoms. The summed E-state index contributed by atoms with van der Waals surface area (Å²) in [6.07, 6.45) is 5.53. The normalized spacial score (nSPS) is 34.1. The molecule has 0 aromatic carbocycles. The molecule has 1 aliphatic heterocycles. The molecular formula is C9H17NS. The van der Waals surface area contributed by atoms with E-state index in [0.29, 0.717) is 6.04 Å². The Labute approximate surface area is 73.1 Å². The van der Waals surface area contributed by atoms with Crippen LogP contribution in [0.4, 0.5) is 0 Å². The van der Waals surface area contributed by atoms with Crippen LogP contribution in [0.2, 0.25) is 0 Å². The summed E-state index contributed by atoms with van der Waals surface area (Å²) in [7, 11) is 0. The molecule has 1 saturated heterocycles. The Balaban J connectivity index is 1.70. The number of thioether (sulfide) groups is 1. The van der Waals surface area contributed by atoms with Crippen LogP contribution in [0.1, 0.15) is 25.7 Å². The average Bonchev–Trinajstić information content (AvgIpc) is 2.73. The Morgan fingerprint density at radius 2 is 2.18 bits per heavy atom. The van der Waals surface area contributed by atoms with Gasteiger partial charge in [-0.3, -0.25) is 0 Å². The quantitative estimate of drug-likeness (QED) is 0.701. The summed E-state index contributed by atoms with van der Waals surface area (Å²) in [6, 6.07) is 0.540. The highest BCUT2D eigenvalue weighted by molar-refractivity contribution is 7.99. The van der Waals surface area contributed by atoms with Gasteiger partial charge in [0.05, 0.1) is 0 Å². The fourth-order valence-corrected chi connectivity index (χ4v) is 3.17. The number of hydrogen-bond acceptors (Lipinski definition) is 2. The van der Waals surface area contributed by atoms with Crippen LogP contribution in [0.15, 0.2) is 0 Å². The second-order valence-electron chi connectivity index (χ2n) is 3.97. The van der Waals surface area contributed by atoms with Gasteiger partial charge in [0.1, 0.15) is 0 Å². The summed E-state index contributed by atoms with van der Waals surface area (Å²) in [6.45, 7) is 0. The van der Waals surface area contributed by atoms with Crippen molar-refractivity contribution in [2.75, 3.05) is 11.5 Å². The van der Waals surface area contributed by atoms with Crippen molar-refractivity contribution in [1.29, 1.82) is 0 Å². The van der Waals surface area contributed by atoms with E-state index in [-0.39, 0.29) is 0 Å². The van der Waals surface area contributed by atoms with E-state index in [0.717, 1.165) is 11.8 Å². The van der Waals surface area contributed by atoms with Gasteiger partial charge in [-0.15, -0.1) is 0 Å². The van der Waals surface area contributed by atoms with Crippen LogP contribution in [0.3, 0.4) is 0 Å². The zero-order chi connectivity index (χ0) is 7.68. The number of nitrogens with two attached hydrogens (primary N) is 1. The molecule has 11 heavy (non-hydrogen) atoms. The molecule has 2 fully saturated rings. The average molecular weight is 171 g/mol. The summed E-state index contributed by atoms with van der Waals surface area (Å²) in [5.41, 5.74) is 6.05. The van der Waals surface area contributed by atoms with E-state index >= 15 is 0 Å². The molecule has 1 aliphatic carbocycles. The van der Waals surface area contributed by atoms with Crippen LogP contribution in [0.25, 0.3) is 0 Å². The van der Waals surface area contributed by atoms with Gasteiger partial charge in [0.2, 0.25) is 0 Å². The van der Waals surface area contributed by atoms with Gasteiger partial charge in [0.25, 0.3) is 0 Å².